The average Bonchev–Trinajstić information content (AvgIpc) is 2.82. The molecule has 1 atom stereocenters. The average molecular weight is 521 g/mol. The molecule has 0 aliphatic rings. The first-order chi connectivity index (χ1) is 17.4. The van der Waals surface area contributed by atoms with Crippen molar-refractivity contribution in [3.63, 3.8) is 0 Å². The maximum atomic E-state index is 12.9. The molecule has 0 unspecified atom stereocenters. The van der Waals surface area contributed by atoms with Crippen LogP contribution in [0.2, 0.25) is 0 Å². The molecule has 208 valence electrons. The van der Waals surface area contributed by atoms with Crippen molar-refractivity contribution in [1.82, 2.24) is 10.6 Å². The topological polar surface area (TPSA) is 149 Å². The summed E-state index contributed by atoms with van der Waals surface area (Å²) in [6, 6.07) is 6.15. The van der Waals surface area contributed by atoms with E-state index in [0.29, 0.717) is 44.0 Å². The maximum Gasteiger partial charge on any atom is 0.311 e. The second kappa shape index (κ2) is 16.7. The third kappa shape index (κ3) is 14.4. The van der Waals surface area contributed by atoms with Crippen molar-refractivity contribution in [2.45, 2.75) is 73.0 Å². The lowest BCUT2D eigenvalue weighted by atomic mass is 9.97. The Bertz CT molecular complexity index is 865. The summed E-state index contributed by atoms with van der Waals surface area (Å²) in [6.45, 7) is 10.1. The molecule has 3 amide bonds. The molecule has 0 heterocycles. The zero-order valence-corrected chi connectivity index (χ0v) is 22.9. The van der Waals surface area contributed by atoms with Crippen LogP contribution in [0, 0.1) is 11.3 Å². The van der Waals surface area contributed by atoms with Gasteiger partial charge >= 0.3 is 5.97 Å². The van der Waals surface area contributed by atoms with E-state index in [9.17, 15) is 19.2 Å². The first kappa shape index (κ1) is 32.0. The monoisotopic (exact) mass is 520 g/mol. The molecular weight excluding hydrogens is 476 g/mol. The molecule has 0 spiro atoms. The molecule has 1 rings (SSSR count). The summed E-state index contributed by atoms with van der Waals surface area (Å²) in [5.41, 5.74) is 6.31. The van der Waals surface area contributed by atoms with Gasteiger partial charge < -0.3 is 31.2 Å². The number of carbonyl (C=O) groups is 4. The van der Waals surface area contributed by atoms with Gasteiger partial charge in [0.05, 0.1) is 5.41 Å². The smallest absolute Gasteiger partial charge is 0.311 e. The van der Waals surface area contributed by atoms with E-state index in [1.54, 1.807) is 45.0 Å². The quantitative estimate of drug-likeness (QED) is 0.193. The van der Waals surface area contributed by atoms with E-state index in [-0.39, 0.29) is 37.6 Å². The maximum absolute atomic E-state index is 12.9. The Balaban J connectivity index is 2.58. The molecular formula is C27H44N4O6. The van der Waals surface area contributed by atoms with Crippen molar-refractivity contribution >= 4 is 29.4 Å². The van der Waals surface area contributed by atoms with Crippen molar-refractivity contribution in [2.24, 2.45) is 17.1 Å². The third-order valence-corrected chi connectivity index (χ3v) is 5.31. The van der Waals surface area contributed by atoms with Crippen molar-refractivity contribution in [3.05, 3.63) is 29.8 Å². The summed E-state index contributed by atoms with van der Waals surface area (Å²) in [7, 11) is 0. The fourth-order valence-electron chi connectivity index (χ4n) is 3.06. The highest BCUT2D eigenvalue weighted by Crippen LogP contribution is 2.17. The van der Waals surface area contributed by atoms with Crippen LogP contribution in [0.15, 0.2) is 24.3 Å². The van der Waals surface area contributed by atoms with E-state index in [1.807, 2.05) is 0 Å². The van der Waals surface area contributed by atoms with Gasteiger partial charge in [-0.05, 0) is 76.6 Å². The molecule has 0 bridgehead atoms. The molecule has 1 aromatic carbocycles. The number of esters is 1. The zero-order valence-electron chi connectivity index (χ0n) is 22.9. The zero-order chi connectivity index (χ0) is 27.8. The Morgan fingerprint density at radius 3 is 2.19 bits per heavy atom. The highest BCUT2D eigenvalue weighted by molar-refractivity contribution is 5.97. The van der Waals surface area contributed by atoms with Crippen LogP contribution in [0.3, 0.4) is 0 Å². The summed E-state index contributed by atoms with van der Waals surface area (Å²) >= 11 is 0. The largest absolute Gasteiger partial charge is 0.460 e. The van der Waals surface area contributed by atoms with Crippen LogP contribution in [0.5, 0.6) is 0 Å². The standard InChI is InChI=1S/C27H44N4O6/c1-19(2)13-15-29-23(32)17-36-18-24(33)31-22(8-6-7-14-28)25(34)30-21-11-9-20(10-12-21)16-37-26(35)27(3,4)5/h9-12,19,22H,6-8,13-18,28H2,1-5H3,(H,29,32)(H,30,34)(H,31,33)/t22-/m0/s1. The number of rotatable bonds is 16. The fraction of sp³-hybridized carbons (Fsp3) is 0.630. The van der Waals surface area contributed by atoms with E-state index in [1.165, 1.54) is 0 Å². The first-order valence-corrected chi connectivity index (χ1v) is 12.8. The normalized spacial score (nSPS) is 12.1. The number of hydrogen-bond donors (Lipinski definition) is 4. The lowest BCUT2D eigenvalue weighted by molar-refractivity contribution is -0.154. The molecule has 0 saturated carbocycles. The van der Waals surface area contributed by atoms with Gasteiger partial charge in [0.25, 0.3) is 0 Å². The van der Waals surface area contributed by atoms with Gasteiger partial charge in [-0.3, -0.25) is 19.2 Å². The summed E-state index contributed by atoms with van der Waals surface area (Å²) in [5.74, 6) is -0.966. The van der Waals surface area contributed by atoms with Gasteiger partial charge in [-0.25, -0.2) is 0 Å². The van der Waals surface area contributed by atoms with Crippen LogP contribution in [-0.2, 0) is 35.3 Å². The predicted molar refractivity (Wildman–Crippen MR) is 142 cm³/mol. The predicted octanol–water partition coefficient (Wildman–Crippen LogP) is 2.51. The van der Waals surface area contributed by atoms with Crippen molar-refractivity contribution in [3.8, 4) is 0 Å². The van der Waals surface area contributed by atoms with E-state index < -0.39 is 17.4 Å². The lowest BCUT2D eigenvalue weighted by Gasteiger charge is -2.19. The number of unbranched alkanes of at least 4 members (excludes halogenated alkanes) is 1. The van der Waals surface area contributed by atoms with E-state index in [2.05, 4.69) is 29.8 Å². The summed E-state index contributed by atoms with van der Waals surface area (Å²) in [5, 5.41) is 8.22. The van der Waals surface area contributed by atoms with Gasteiger partial charge in [0.1, 0.15) is 25.9 Å². The van der Waals surface area contributed by atoms with Crippen LogP contribution in [0.4, 0.5) is 5.69 Å². The van der Waals surface area contributed by atoms with Crippen molar-refractivity contribution in [2.75, 3.05) is 31.6 Å². The number of nitrogens with two attached hydrogens (primary N) is 1. The summed E-state index contributed by atoms with van der Waals surface area (Å²) in [4.78, 5) is 49.0. The Morgan fingerprint density at radius 1 is 0.946 bits per heavy atom. The number of nitrogens with one attached hydrogen (secondary N) is 3. The molecule has 0 saturated heterocycles. The molecule has 0 fully saturated rings. The first-order valence-electron chi connectivity index (χ1n) is 12.8. The van der Waals surface area contributed by atoms with Crippen LogP contribution < -0.4 is 21.7 Å². The van der Waals surface area contributed by atoms with Gasteiger partial charge in [-0.1, -0.05) is 26.0 Å². The molecule has 0 radical (unpaired) electrons. The fourth-order valence-corrected chi connectivity index (χ4v) is 3.06. The van der Waals surface area contributed by atoms with Gasteiger partial charge in [0.2, 0.25) is 17.7 Å². The van der Waals surface area contributed by atoms with Crippen molar-refractivity contribution < 1.29 is 28.7 Å². The Morgan fingerprint density at radius 2 is 1.59 bits per heavy atom. The van der Waals surface area contributed by atoms with E-state index >= 15 is 0 Å². The van der Waals surface area contributed by atoms with Crippen LogP contribution in [0.1, 0.15) is 65.9 Å². The molecule has 37 heavy (non-hydrogen) atoms. The van der Waals surface area contributed by atoms with Crippen molar-refractivity contribution in [1.29, 1.82) is 0 Å². The second-order valence-corrected chi connectivity index (χ2v) is 10.4. The van der Waals surface area contributed by atoms with Crippen LogP contribution in [0.25, 0.3) is 0 Å². The Kier molecular flexibility index (Phi) is 14.5. The number of hydrogen-bond acceptors (Lipinski definition) is 7. The van der Waals surface area contributed by atoms with Crippen LogP contribution >= 0.6 is 0 Å². The number of carbonyl (C=O) groups excluding carboxylic acids is 4. The minimum Gasteiger partial charge on any atom is -0.460 e. The molecule has 10 nitrogen and oxygen atoms in total. The Labute approximate surface area is 220 Å². The van der Waals surface area contributed by atoms with Gasteiger partial charge in [-0.2, -0.15) is 0 Å². The highest BCUT2D eigenvalue weighted by atomic mass is 16.5. The van der Waals surface area contributed by atoms with E-state index in [4.69, 9.17) is 15.2 Å². The molecule has 0 aliphatic heterocycles. The van der Waals surface area contributed by atoms with Crippen LogP contribution in [-0.4, -0.2) is 56.0 Å². The third-order valence-electron chi connectivity index (χ3n) is 5.31. The molecule has 10 heteroatoms. The molecule has 0 aromatic heterocycles. The molecule has 5 N–H and O–H groups in total. The molecule has 0 aliphatic carbocycles. The Hall–Kier alpha value is -2.98. The van der Waals surface area contributed by atoms with Gasteiger partial charge in [-0.15, -0.1) is 0 Å². The number of amides is 3. The number of benzene rings is 1. The number of ether oxygens (including phenoxy) is 2. The lowest BCUT2D eigenvalue weighted by Crippen LogP contribution is -2.45. The highest BCUT2D eigenvalue weighted by Gasteiger charge is 2.23. The second-order valence-electron chi connectivity index (χ2n) is 10.4. The minimum absolute atomic E-state index is 0.137. The van der Waals surface area contributed by atoms with Gasteiger partial charge in [0.15, 0.2) is 0 Å². The number of anilines is 1. The summed E-state index contributed by atoms with van der Waals surface area (Å²) in [6.07, 6.45) is 2.64. The summed E-state index contributed by atoms with van der Waals surface area (Å²) < 4.78 is 10.5. The van der Waals surface area contributed by atoms with Gasteiger partial charge in [0, 0.05) is 12.2 Å². The SMILES string of the molecule is CC(C)CCNC(=O)COCC(=O)N[C@@H](CCCCN)C(=O)Nc1ccc(COC(=O)C(C)(C)C)cc1. The van der Waals surface area contributed by atoms with E-state index in [0.717, 1.165) is 12.0 Å². The minimum atomic E-state index is -0.782. The molecule has 1 aromatic rings.